The quantitative estimate of drug-likeness (QED) is 0.477. The first-order chi connectivity index (χ1) is 7.84. The largest absolute Gasteiger partial charge is 0.370 e. The van der Waals surface area contributed by atoms with Crippen LogP contribution < -0.4 is 11.1 Å². The molecule has 0 radical (unpaired) electrons. The van der Waals surface area contributed by atoms with Crippen LogP contribution in [0, 0.1) is 5.92 Å². The predicted molar refractivity (Wildman–Crippen MR) is 79.5 cm³/mol. The highest BCUT2D eigenvalue weighted by Crippen LogP contribution is 2.26. The summed E-state index contributed by atoms with van der Waals surface area (Å²) >= 11 is 0. The van der Waals surface area contributed by atoms with Gasteiger partial charge in [-0.3, -0.25) is 4.99 Å². The second kappa shape index (κ2) is 7.52. The van der Waals surface area contributed by atoms with Crippen molar-refractivity contribution in [3.8, 4) is 0 Å². The van der Waals surface area contributed by atoms with E-state index >= 15 is 0 Å². The van der Waals surface area contributed by atoms with Gasteiger partial charge in [-0.1, -0.05) is 6.42 Å². The first kappa shape index (κ1) is 14.3. The van der Waals surface area contributed by atoms with E-state index in [1.807, 2.05) is 10.8 Å². The number of aliphatic imine (C=N–C) groups is 1. The van der Waals surface area contributed by atoms with Gasteiger partial charge in [-0.15, -0.1) is 24.0 Å². The number of nitrogens with one attached hydrogen (secondary N) is 1. The van der Waals surface area contributed by atoms with E-state index in [9.17, 15) is 0 Å². The van der Waals surface area contributed by atoms with Crippen molar-refractivity contribution < 1.29 is 0 Å². The van der Waals surface area contributed by atoms with Gasteiger partial charge in [0.25, 0.3) is 0 Å². The molecule has 0 unspecified atom stereocenters. The fraction of sp³-hybridized carbons (Fsp3) is 0.636. The number of rotatable bonds is 5. The van der Waals surface area contributed by atoms with Crippen LogP contribution in [0.4, 0.5) is 0 Å². The van der Waals surface area contributed by atoms with Crippen molar-refractivity contribution in [2.24, 2.45) is 16.6 Å². The van der Waals surface area contributed by atoms with E-state index in [1.54, 1.807) is 12.5 Å². The number of halogens is 1. The van der Waals surface area contributed by atoms with Crippen LogP contribution in [-0.4, -0.2) is 28.6 Å². The van der Waals surface area contributed by atoms with Crippen LogP contribution in [0.3, 0.4) is 0 Å². The predicted octanol–water partition coefficient (Wildman–Crippen LogP) is 1.21. The third-order valence-electron chi connectivity index (χ3n) is 2.98. The SMILES string of the molecule is I.NC(=NCC1CCC1)NCCn1ccnc1. The molecule has 0 aliphatic heterocycles. The zero-order valence-corrected chi connectivity index (χ0v) is 12.2. The molecule has 0 aromatic carbocycles. The Hall–Kier alpha value is -0.790. The Morgan fingerprint density at radius 2 is 2.35 bits per heavy atom. The molecule has 0 atom stereocenters. The summed E-state index contributed by atoms with van der Waals surface area (Å²) < 4.78 is 2.01. The van der Waals surface area contributed by atoms with Crippen LogP contribution in [0.15, 0.2) is 23.7 Å². The minimum atomic E-state index is 0. The maximum absolute atomic E-state index is 5.75. The molecule has 3 N–H and O–H groups in total. The van der Waals surface area contributed by atoms with E-state index in [0.717, 1.165) is 25.6 Å². The normalized spacial score (nSPS) is 16.1. The highest BCUT2D eigenvalue weighted by Gasteiger charge is 2.16. The summed E-state index contributed by atoms with van der Waals surface area (Å²) in [5, 5.41) is 3.10. The number of hydrogen-bond donors (Lipinski definition) is 2. The van der Waals surface area contributed by atoms with Gasteiger partial charge in [-0.05, 0) is 18.8 Å². The number of nitrogens with zero attached hydrogens (tertiary/aromatic N) is 3. The number of guanidine groups is 1. The minimum absolute atomic E-state index is 0. The van der Waals surface area contributed by atoms with Crippen LogP contribution >= 0.6 is 24.0 Å². The lowest BCUT2D eigenvalue weighted by molar-refractivity contribution is 0.326. The summed E-state index contributed by atoms with van der Waals surface area (Å²) in [6, 6.07) is 0. The number of imidazole rings is 1. The highest BCUT2D eigenvalue weighted by molar-refractivity contribution is 14.0. The number of nitrogens with two attached hydrogens (primary N) is 1. The van der Waals surface area contributed by atoms with Crippen molar-refractivity contribution in [1.29, 1.82) is 0 Å². The van der Waals surface area contributed by atoms with E-state index in [2.05, 4.69) is 15.3 Å². The summed E-state index contributed by atoms with van der Waals surface area (Å²) in [5.74, 6) is 1.33. The topological polar surface area (TPSA) is 68.2 Å². The molecule has 1 heterocycles. The second-order valence-electron chi connectivity index (χ2n) is 4.25. The lowest BCUT2D eigenvalue weighted by atomic mass is 9.86. The monoisotopic (exact) mass is 349 g/mol. The Balaban J connectivity index is 0.00000144. The molecule has 0 spiro atoms. The minimum Gasteiger partial charge on any atom is -0.370 e. The fourth-order valence-electron chi connectivity index (χ4n) is 1.69. The summed E-state index contributed by atoms with van der Waals surface area (Å²) in [6.45, 7) is 2.53. The van der Waals surface area contributed by atoms with Crippen molar-refractivity contribution in [3.63, 3.8) is 0 Å². The third-order valence-corrected chi connectivity index (χ3v) is 2.98. The first-order valence-corrected chi connectivity index (χ1v) is 5.84. The molecule has 1 aromatic rings. The van der Waals surface area contributed by atoms with Gasteiger partial charge in [0.1, 0.15) is 0 Å². The van der Waals surface area contributed by atoms with Gasteiger partial charge in [0, 0.05) is 32.0 Å². The number of aromatic nitrogens is 2. The smallest absolute Gasteiger partial charge is 0.188 e. The molecule has 0 amide bonds. The van der Waals surface area contributed by atoms with E-state index in [4.69, 9.17) is 5.73 Å². The van der Waals surface area contributed by atoms with Gasteiger partial charge >= 0.3 is 0 Å². The summed E-state index contributed by atoms with van der Waals surface area (Å²) in [7, 11) is 0. The Labute approximate surface area is 119 Å². The second-order valence-corrected chi connectivity index (χ2v) is 4.25. The Bertz CT molecular complexity index is 332. The summed E-state index contributed by atoms with van der Waals surface area (Å²) in [6.07, 6.45) is 9.48. The molecule has 1 aromatic heterocycles. The van der Waals surface area contributed by atoms with E-state index < -0.39 is 0 Å². The van der Waals surface area contributed by atoms with E-state index in [0.29, 0.717) is 5.96 Å². The molecule has 6 heteroatoms. The maximum atomic E-state index is 5.75. The average Bonchev–Trinajstić information content (AvgIpc) is 2.68. The van der Waals surface area contributed by atoms with Gasteiger partial charge in [0.2, 0.25) is 0 Å². The molecular formula is C11H20IN5. The van der Waals surface area contributed by atoms with Crippen LogP contribution in [0.25, 0.3) is 0 Å². The highest BCUT2D eigenvalue weighted by atomic mass is 127. The lowest BCUT2D eigenvalue weighted by Crippen LogP contribution is -2.34. The zero-order chi connectivity index (χ0) is 11.2. The van der Waals surface area contributed by atoms with Gasteiger partial charge in [-0.2, -0.15) is 0 Å². The molecule has 1 aliphatic rings. The van der Waals surface area contributed by atoms with Gasteiger partial charge in [0.15, 0.2) is 5.96 Å². The summed E-state index contributed by atoms with van der Waals surface area (Å²) in [4.78, 5) is 8.30. The van der Waals surface area contributed by atoms with Crippen molar-refractivity contribution >= 4 is 29.9 Å². The van der Waals surface area contributed by atoms with Gasteiger partial charge in [0.05, 0.1) is 6.33 Å². The molecule has 17 heavy (non-hydrogen) atoms. The Morgan fingerprint density at radius 1 is 1.53 bits per heavy atom. The third kappa shape index (κ3) is 4.93. The molecule has 0 bridgehead atoms. The Kier molecular flexibility index (Phi) is 6.31. The van der Waals surface area contributed by atoms with E-state index in [-0.39, 0.29) is 24.0 Å². The first-order valence-electron chi connectivity index (χ1n) is 5.84. The molecule has 1 saturated carbocycles. The van der Waals surface area contributed by atoms with Gasteiger partial charge < -0.3 is 15.6 Å². The van der Waals surface area contributed by atoms with Crippen LogP contribution in [0.1, 0.15) is 19.3 Å². The fourth-order valence-corrected chi connectivity index (χ4v) is 1.69. The average molecular weight is 349 g/mol. The zero-order valence-electron chi connectivity index (χ0n) is 9.88. The van der Waals surface area contributed by atoms with Crippen molar-refractivity contribution in [2.75, 3.05) is 13.1 Å². The maximum Gasteiger partial charge on any atom is 0.188 e. The Morgan fingerprint density at radius 3 is 2.94 bits per heavy atom. The van der Waals surface area contributed by atoms with Crippen LogP contribution in [-0.2, 0) is 6.54 Å². The van der Waals surface area contributed by atoms with E-state index in [1.165, 1.54) is 19.3 Å². The van der Waals surface area contributed by atoms with Crippen molar-refractivity contribution in [3.05, 3.63) is 18.7 Å². The molecular weight excluding hydrogens is 329 g/mol. The lowest BCUT2D eigenvalue weighted by Gasteiger charge is -2.23. The van der Waals surface area contributed by atoms with Gasteiger partial charge in [-0.25, -0.2) is 4.98 Å². The molecule has 1 aliphatic carbocycles. The molecule has 96 valence electrons. The summed E-state index contributed by atoms with van der Waals surface area (Å²) in [5.41, 5.74) is 5.75. The van der Waals surface area contributed by atoms with Crippen molar-refractivity contribution in [1.82, 2.24) is 14.9 Å². The molecule has 2 rings (SSSR count). The van der Waals surface area contributed by atoms with Crippen LogP contribution in [0.2, 0.25) is 0 Å². The number of hydrogen-bond acceptors (Lipinski definition) is 2. The van der Waals surface area contributed by atoms with Crippen LogP contribution in [0.5, 0.6) is 0 Å². The van der Waals surface area contributed by atoms with Crippen molar-refractivity contribution in [2.45, 2.75) is 25.8 Å². The molecule has 1 fully saturated rings. The molecule has 0 saturated heterocycles. The molecule has 5 nitrogen and oxygen atoms in total. The standard InChI is InChI=1S/C11H19N5.HI/c12-11(15-8-10-2-1-3-10)14-5-7-16-6-4-13-9-16;/h4,6,9-10H,1-3,5,7-8H2,(H3,12,14,15);1H.